The van der Waals surface area contributed by atoms with Crippen LogP contribution < -0.4 is 0 Å². The van der Waals surface area contributed by atoms with Crippen molar-refractivity contribution in [1.29, 1.82) is 0 Å². The standard InChI is InChI=1S/C12H16O.C3H8.CH4O/c1-9-6-7-10-4-2-3-5-11(10)12(9)8-13;1-3-2;1-2/h4,6-9,11-12H,2-3,5H2,1H3;3H2,1-2H3;2H,1H3. The van der Waals surface area contributed by atoms with Gasteiger partial charge in [0.05, 0.1) is 0 Å². The number of aliphatic hydroxyl groups is 1. The number of hydrogen-bond donors (Lipinski definition) is 1. The summed E-state index contributed by atoms with van der Waals surface area (Å²) in [6.45, 7) is 6.39. The second-order valence-corrected chi connectivity index (χ2v) is 4.88. The Hall–Kier alpha value is -0.890. The van der Waals surface area contributed by atoms with Crippen LogP contribution in [0.1, 0.15) is 46.5 Å². The van der Waals surface area contributed by atoms with Gasteiger partial charge in [0.25, 0.3) is 0 Å². The predicted molar refractivity (Wildman–Crippen MR) is 77.4 cm³/mol. The molecule has 2 heteroatoms. The summed E-state index contributed by atoms with van der Waals surface area (Å²) in [6.07, 6.45) is 12.7. The van der Waals surface area contributed by atoms with Gasteiger partial charge in [-0.3, -0.25) is 0 Å². The maximum atomic E-state index is 11.0. The molecule has 1 N–H and O–H groups in total. The lowest BCUT2D eigenvalue weighted by Crippen LogP contribution is -2.28. The first-order valence-corrected chi connectivity index (χ1v) is 7.02. The molecule has 18 heavy (non-hydrogen) atoms. The molecule has 0 amide bonds. The minimum Gasteiger partial charge on any atom is -0.400 e. The van der Waals surface area contributed by atoms with E-state index in [2.05, 4.69) is 39.0 Å². The van der Waals surface area contributed by atoms with E-state index >= 15 is 0 Å². The van der Waals surface area contributed by atoms with Crippen molar-refractivity contribution in [1.82, 2.24) is 0 Å². The fraction of sp³-hybridized carbons (Fsp3) is 0.688. The highest BCUT2D eigenvalue weighted by atomic mass is 16.2. The van der Waals surface area contributed by atoms with Crippen LogP contribution in [0, 0.1) is 17.8 Å². The zero-order valence-corrected chi connectivity index (χ0v) is 12.2. The second kappa shape index (κ2) is 10.1. The van der Waals surface area contributed by atoms with Crippen LogP contribution in [0.2, 0.25) is 0 Å². The van der Waals surface area contributed by atoms with Gasteiger partial charge in [0.2, 0.25) is 0 Å². The number of aliphatic hydroxyl groups excluding tert-OH is 1. The molecular weight excluding hydrogens is 224 g/mol. The van der Waals surface area contributed by atoms with Crippen LogP contribution in [0.4, 0.5) is 0 Å². The average Bonchev–Trinajstić information content (AvgIpc) is 2.42. The summed E-state index contributed by atoms with van der Waals surface area (Å²) in [5.74, 6) is 1.18. The van der Waals surface area contributed by atoms with Gasteiger partial charge in [0, 0.05) is 13.0 Å². The molecule has 0 aromatic carbocycles. The minimum atomic E-state index is 0.233. The van der Waals surface area contributed by atoms with Gasteiger partial charge in [0.15, 0.2) is 0 Å². The van der Waals surface area contributed by atoms with Crippen molar-refractivity contribution < 1.29 is 9.90 Å². The smallest absolute Gasteiger partial charge is 0.124 e. The van der Waals surface area contributed by atoms with Crippen molar-refractivity contribution in [3.05, 3.63) is 23.8 Å². The first-order chi connectivity index (χ1) is 8.74. The molecule has 2 aliphatic carbocycles. The quantitative estimate of drug-likeness (QED) is 0.721. The lowest BCUT2D eigenvalue weighted by Gasteiger charge is -2.33. The molecule has 0 saturated heterocycles. The molecule has 0 bridgehead atoms. The molecule has 0 fully saturated rings. The van der Waals surface area contributed by atoms with Crippen LogP contribution >= 0.6 is 0 Å². The summed E-state index contributed by atoms with van der Waals surface area (Å²) in [7, 11) is 1.00. The minimum absolute atomic E-state index is 0.233. The number of allylic oxidation sites excluding steroid dienone is 4. The molecule has 2 aliphatic rings. The largest absolute Gasteiger partial charge is 0.400 e. The number of aldehydes is 1. The predicted octanol–water partition coefficient (Wildman–Crippen LogP) is 3.76. The molecule has 3 atom stereocenters. The average molecular weight is 252 g/mol. The number of fused-ring (bicyclic) bond motifs is 1. The Morgan fingerprint density at radius 2 is 2.00 bits per heavy atom. The van der Waals surface area contributed by atoms with E-state index in [1.165, 1.54) is 31.3 Å². The van der Waals surface area contributed by atoms with E-state index in [4.69, 9.17) is 5.11 Å². The summed E-state index contributed by atoms with van der Waals surface area (Å²) < 4.78 is 0. The Labute approximate surface area is 112 Å². The van der Waals surface area contributed by atoms with Crippen LogP contribution in [-0.4, -0.2) is 18.5 Å². The molecule has 0 radical (unpaired) electrons. The third-order valence-corrected chi connectivity index (χ3v) is 3.35. The topological polar surface area (TPSA) is 37.3 Å². The maximum absolute atomic E-state index is 11.0. The van der Waals surface area contributed by atoms with E-state index in [0.29, 0.717) is 11.8 Å². The van der Waals surface area contributed by atoms with Gasteiger partial charge in [-0.1, -0.05) is 45.4 Å². The number of hydrogen-bond acceptors (Lipinski definition) is 2. The van der Waals surface area contributed by atoms with Crippen molar-refractivity contribution in [2.75, 3.05) is 7.11 Å². The Kier molecular flexibility index (Phi) is 9.57. The molecule has 104 valence electrons. The van der Waals surface area contributed by atoms with Gasteiger partial charge in [-0.2, -0.15) is 0 Å². The van der Waals surface area contributed by atoms with Crippen LogP contribution in [0.5, 0.6) is 0 Å². The molecule has 2 nitrogen and oxygen atoms in total. The summed E-state index contributed by atoms with van der Waals surface area (Å²) in [5, 5.41) is 7.00. The Balaban J connectivity index is 0.000000509. The van der Waals surface area contributed by atoms with Crippen molar-refractivity contribution >= 4 is 6.29 Å². The third-order valence-electron chi connectivity index (χ3n) is 3.35. The molecule has 0 heterocycles. The van der Waals surface area contributed by atoms with E-state index in [1.807, 2.05) is 0 Å². The molecule has 0 aliphatic heterocycles. The highest BCUT2D eigenvalue weighted by molar-refractivity contribution is 5.58. The highest BCUT2D eigenvalue weighted by Gasteiger charge is 2.31. The number of rotatable bonds is 1. The lowest BCUT2D eigenvalue weighted by molar-refractivity contribution is -0.113. The second-order valence-electron chi connectivity index (χ2n) is 4.88. The van der Waals surface area contributed by atoms with Crippen LogP contribution in [0.25, 0.3) is 0 Å². The van der Waals surface area contributed by atoms with Crippen LogP contribution in [-0.2, 0) is 4.79 Å². The summed E-state index contributed by atoms with van der Waals surface area (Å²) in [6, 6.07) is 0. The van der Waals surface area contributed by atoms with Crippen molar-refractivity contribution in [3.63, 3.8) is 0 Å². The van der Waals surface area contributed by atoms with E-state index < -0.39 is 0 Å². The molecular formula is C16H28O2. The van der Waals surface area contributed by atoms with E-state index in [9.17, 15) is 4.79 Å². The Bertz CT molecular complexity index is 279. The first-order valence-electron chi connectivity index (χ1n) is 7.02. The van der Waals surface area contributed by atoms with Gasteiger partial charge in [0.1, 0.15) is 6.29 Å². The summed E-state index contributed by atoms with van der Waals surface area (Å²) >= 11 is 0. The lowest BCUT2D eigenvalue weighted by atomic mass is 9.70. The van der Waals surface area contributed by atoms with Crippen molar-refractivity contribution in [3.8, 4) is 0 Å². The molecule has 0 aromatic rings. The first kappa shape index (κ1) is 17.1. The zero-order valence-electron chi connectivity index (χ0n) is 12.2. The van der Waals surface area contributed by atoms with Gasteiger partial charge in [-0.25, -0.2) is 0 Å². The van der Waals surface area contributed by atoms with Gasteiger partial charge in [-0.15, -0.1) is 0 Å². The van der Waals surface area contributed by atoms with Crippen LogP contribution in [0.3, 0.4) is 0 Å². The molecule has 0 aromatic heterocycles. The van der Waals surface area contributed by atoms with E-state index in [-0.39, 0.29) is 5.92 Å². The summed E-state index contributed by atoms with van der Waals surface area (Å²) in [5.41, 5.74) is 1.40. The fourth-order valence-electron chi connectivity index (χ4n) is 2.51. The van der Waals surface area contributed by atoms with Gasteiger partial charge < -0.3 is 9.90 Å². The monoisotopic (exact) mass is 252 g/mol. The maximum Gasteiger partial charge on any atom is 0.124 e. The highest BCUT2D eigenvalue weighted by Crippen LogP contribution is 2.38. The molecule has 2 rings (SSSR count). The third kappa shape index (κ3) is 4.77. The number of carbonyl (C=O) groups excluding carboxylic acids is 1. The van der Waals surface area contributed by atoms with E-state index in [1.54, 1.807) is 0 Å². The molecule has 0 saturated carbocycles. The van der Waals surface area contributed by atoms with Crippen molar-refractivity contribution in [2.45, 2.75) is 46.5 Å². The van der Waals surface area contributed by atoms with Gasteiger partial charge in [-0.05, 0) is 36.7 Å². The van der Waals surface area contributed by atoms with E-state index in [0.717, 1.165) is 13.4 Å². The fourth-order valence-corrected chi connectivity index (χ4v) is 2.51. The van der Waals surface area contributed by atoms with Gasteiger partial charge >= 0.3 is 0 Å². The van der Waals surface area contributed by atoms with Crippen LogP contribution in [0.15, 0.2) is 23.8 Å². The molecule has 0 spiro atoms. The summed E-state index contributed by atoms with van der Waals surface area (Å²) in [4.78, 5) is 11.0. The Morgan fingerprint density at radius 3 is 2.56 bits per heavy atom. The Morgan fingerprint density at radius 1 is 1.39 bits per heavy atom. The zero-order chi connectivity index (χ0) is 14.0. The SMILES string of the molecule is CC1C=CC2=CCCCC2C1C=O.CCC.CO. The normalized spacial score (nSPS) is 28.7. The van der Waals surface area contributed by atoms with Crippen molar-refractivity contribution in [2.24, 2.45) is 17.8 Å². The number of carbonyl (C=O) groups is 1. The molecule has 3 unspecified atom stereocenters.